The molecule has 65 heavy (non-hydrogen) atoms. The van der Waals surface area contributed by atoms with Crippen LogP contribution in [0.1, 0.15) is 0 Å². The molecule has 0 N–H and O–H groups in total. The number of nitrogens with zero attached hydrogens (tertiary/aromatic N) is 3. The van der Waals surface area contributed by atoms with Gasteiger partial charge in [0.2, 0.25) is 0 Å². The molecule has 4 heterocycles. The molecule has 4 aromatic heterocycles. The minimum Gasteiger partial charge on any atom is -0.309 e. The van der Waals surface area contributed by atoms with Crippen molar-refractivity contribution in [1.29, 1.82) is 0 Å². The van der Waals surface area contributed by atoms with Gasteiger partial charge in [0.05, 0.1) is 33.1 Å². The Morgan fingerprint density at radius 1 is 0.277 bits per heavy atom. The zero-order valence-electron chi connectivity index (χ0n) is 35.0. The first-order valence-electron chi connectivity index (χ1n) is 22.3. The fourth-order valence-electron chi connectivity index (χ4n) is 11.6. The number of benzene rings is 11. The molecule has 0 saturated carbocycles. The Morgan fingerprint density at radius 3 is 1.45 bits per heavy atom. The second-order valence-corrected chi connectivity index (χ2v) is 17.6. The molecule has 4 nitrogen and oxygen atoms in total. The molecule has 0 fully saturated rings. The van der Waals surface area contributed by atoms with Crippen LogP contribution in [0.15, 0.2) is 217 Å². The van der Waals surface area contributed by atoms with Crippen LogP contribution < -0.4 is 5.56 Å². The SMILES string of the molecule is O=c1c2ccccc2c2cccc3c4ccc(-c5cc(-n6c7ccccc7c7cc8c9ccccc9n(-c9ccccc9)c8cc76)cc6c7ccccc7c7ccccc7c56)cc4n1c23. The maximum atomic E-state index is 14.6. The summed E-state index contributed by atoms with van der Waals surface area (Å²) < 4.78 is 6.85. The first-order chi connectivity index (χ1) is 32.2. The third-order valence-electron chi connectivity index (χ3n) is 14.3. The summed E-state index contributed by atoms with van der Waals surface area (Å²) in [5.74, 6) is 0. The largest absolute Gasteiger partial charge is 0.309 e. The van der Waals surface area contributed by atoms with Gasteiger partial charge in [0.1, 0.15) is 0 Å². The molecule has 4 heteroatoms. The van der Waals surface area contributed by atoms with Gasteiger partial charge in [-0.05, 0) is 109 Å². The number of hydrogen-bond donors (Lipinski definition) is 0. The maximum absolute atomic E-state index is 14.6. The summed E-state index contributed by atoms with van der Waals surface area (Å²) in [4.78, 5) is 14.6. The van der Waals surface area contributed by atoms with Crippen LogP contribution in [-0.2, 0) is 0 Å². The van der Waals surface area contributed by atoms with Crippen molar-refractivity contribution < 1.29 is 0 Å². The Bertz CT molecular complexity index is 4610. The van der Waals surface area contributed by atoms with Crippen LogP contribution in [0.2, 0.25) is 0 Å². The quantitative estimate of drug-likeness (QED) is 0.163. The number of aromatic nitrogens is 3. The van der Waals surface area contributed by atoms with Crippen LogP contribution in [0.5, 0.6) is 0 Å². The Morgan fingerprint density at radius 2 is 0.769 bits per heavy atom. The van der Waals surface area contributed by atoms with E-state index >= 15 is 0 Å². The Labute approximate surface area is 371 Å². The van der Waals surface area contributed by atoms with E-state index in [1.54, 1.807) is 0 Å². The van der Waals surface area contributed by atoms with E-state index in [2.05, 4.69) is 203 Å². The number of rotatable bonds is 3. The zero-order valence-corrected chi connectivity index (χ0v) is 35.0. The van der Waals surface area contributed by atoms with Gasteiger partial charge in [0, 0.05) is 54.5 Å². The Kier molecular flexibility index (Phi) is 6.79. The van der Waals surface area contributed by atoms with Crippen molar-refractivity contribution in [1.82, 2.24) is 13.5 Å². The van der Waals surface area contributed by atoms with Crippen molar-refractivity contribution >= 4 is 114 Å². The molecule has 0 aliphatic carbocycles. The van der Waals surface area contributed by atoms with E-state index in [0.29, 0.717) is 0 Å². The standard InChI is InChI=1S/C61H35N3O/c65-61-49-24-9-7-20-42(49)47-25-14-26-48-45-30-29-36(31-56(45)64(61)60(47)48)50-32-38(33-53-41-19-5-4-17-39(41)40-18-6-8-23-46(40)59(50)53)63-55-28-13-11-22-44(55)52-34-51-43-21-10-12-27-54(43)62(57(51)35-58(52)63)37-15-2-1-3-16-37/h1-35H. The highest BCUT2D eigenvalue weighted by Crippen LogP contribution is 2.46. The summed E-state index contributed by atoms with van der Waals surface area (Å²) >= 11 is 0. The van der Waals surface area contributed by atoms with Gasteiger partial charge in [0.15, 0.2) is 0 Å². The van der Waals surface area contributed by atoms with E-state index in [4.69, 9.17) is 0 Å². The molecule has 0 radical (unpaired) electrons. The van der Waals surface area contributed by atoms with Gasteiger partial charge < -0.3 is 9.13 Å². The summed E-state index contributed by atoms with van der Waals surface area (Å²) in [6.45, 7) is 0. The number of para-hydroxylation sites is 4. The van der Waals surface area contributed by atoms with E-state index in [1.807, 2.05) is 22.6 Å². The topological polar surface area (TPSA) is 31.3 Å². The lowest BCUT2D eigenvalue weighted by Gasteiger charge is -2.18. The molecule has 0 aliphatic rings. The number of fused-ring (bicyclic) bond motifs is 17. The molecule has 0 atom stereocenters. The van der Waals surface area contributed by atoms with Crippen molar-refractivity contribution in [3.8, 4) is 22.5 Å². The second-order valence-electron chi connectivity index (χ2n) is 17.6. The van der Waals surface area contributed by atoms with Crippen LogP contribution in [0.4, 0.5) is 0 Å². The molecular formula is C61H35N3O. The van der Waals surface area contributed by atoms with E-state index in [0.717, 1.165) is 77.0 Å². The molecule has 15 aromatic rings. The van der Waals surface area contributed by atoms with E-state index in [9.17, 15) is 4.79 Å². The maximum Gasteiger partial charge on any atom is 0.263 e. The third kappa shape index (κ3) is 4.57. The Hall–Kier alpha value is -8.73. The fourth-order valence-corrected chi connectivity index (χ4v) is 11.6. The molecule has 0 bridgehead atoms. The van der Waals surface area contributed by atoms with Crippen molar-refractivity contribution in [3.63, 3.8) is 0 Å². The molecule has 300 valence electrons. The first kappa shape index (κ1) is 34.8. The van der Waals surface area contributed by atoms with Gasteiger partial charge in [-0.25, -0.2) is 0 Å². The van der Waals surface area contributed by atoms with Crippen LogP contribution in [0, 0.1) is 0 Å². The van der Waals surface area contributed by atoms with Crippen LogP contribution in [0.3, 0.4) is 0 Å². The molecule has 0 unspecified atom stereocenters. The molecule has 0 aliphatic heterocycles. The van der Waals surface area contributed by atoms with E-state index in [1.165, 1.54) is 59.4 Å². The summed E-state index contributed by atoms with van der Waals surface area (Å²) in [6.07, 6.45) is 0. The molecule has 0 amide bonds. The van der Waals surface area contributed by atoms with Gasteiger partial charge in [-0.3, -0.25) is 9.20 Å². The van der Waals surface area contributed by atoms with Crippen LogP contribution in [-0.4, -0.2) is 13.5 Å². The van der Waals surface area contributed by atoms with Crippen molar-refractivity contribution in [2.45, 2.75) is 0 Å². The van der Waals surface area contributed by atoms with Gasteiger partial charge in [-0.1, -0.05) is 152 Å². The monoisotopic (exact) mass is 825 g/mol. The van der Waals surface area contributed by atoms with Crippen molar-refractivity contribution in [3.05, 3.63) is 223 Å². The summed E-state index contributed by atoms with van der Waals surface area (Å²) in [5, 5.41) is 17.1. The second kappa shape index (κ2) is 12.7. The van der Waals surface area contributed by atoms with Crippen LogP contribution >= 0.6 is 0 Å². The van der Waals surface area contributed by atoms with Gasteiger partial charge in [-0.15, -0.1) is 0 Å². The lowest BCUT2D eigenvalue weighted by atomic mass is 9.88. The average molecular weight is 826 g/mol. The van der Waals surface area contributed by atoms with Crippen molar-refractivity contribution in [2.24, 2.45) is 0 Å². The first-order valence-corrected chi connectivity index (χ1v) is 22.3. The third-order valence-corrected chi connectivity index (χ3v) is 14.3. The molecule has 11 aromatic carbocycles. The minimum atomic E-state index is 0.0102. The zero-order chi connectivity index (χ0) is 42.5. The average Bonchev–Trinajstić information content (AvgIpc) is 4.00. The Balaban J connectivity index is 1.11. The summed E-state index contributed by atoms with van der Waals surface area (Å²) in [5.41, 5.74) is 10.9. The lowest BCUT2D eigenvalue weighted by Crippen LogP contribution is -2.12. The van der Waals surface area contributed by atoms with Gasteiger partial charge >= 0.3 is 0 Å². The molecule has 15 rings (SSSR count). The highest BCUT2D eigenvalue weighted by Gasteiger charge is 2.23. The normalized spacial score (nSPS) is 12.4. The van der Waals surface area contributed by atoms with E-state index < -0.39 is 0 Å². The highest BCUT2D eigenvalue weighted by molar-refractivity contribution is 6.30. The number of pyridine rings is 1. The number of hydrogen-bond acceptors (Lipinski definition) is 1. The van der Waals surface area contributed by atoms with Crippen molar-refractivity contribution in [2.75, 3.05) is 0 Å². The van der Waals surface area contributed by atoms with Gasteiger partial charge in [-0.2, -0.15) is 0 Å². The lowest BCUT2D eigenvalue weighted by molar-refractivity contribution is 1.17. The molecule has 0 spiro atoms. The predicted molar refractivity (Wildman–Crippen MR) is 274 cm³/mol. The molecule has 0 saturated heterocycles. The highest BCUT2D eigenvalue weighted by atomic mass is 16.1. The molecular weight excluding hydrogens is 791 g/mol. The minimum absolute atomic E-state index is 0.0102. The smallest absolute Gasteiger partial charge is 0.263 e. The summed E-state index contributed by atoms with van der Waals surface area (Å²) in [7, 11) is 0. The fraction of sp³-hybridized carbons (Fsp3) is 0. The summed E-state index contributed by atoms with van der Waals surface area (Å²) in [6, 6.07) is 76.8. The van der Waals surface area contributed by atoms with E-state index in [-0.39, 0.29) is 5.56 Å². The van der Waals surface area contributed by atoms with Gasteiger partial charge in [0.25, 0.3) is 5.56 Å². The van der Waals surface area contributed by atoms with Crippen LogP contribution in [0.25, 0.3) is 136 Å². The predicted octanol–water partition coefficient (Wildman–Crippen LogP) is 15.5.